The number of nitro benzene ring substituents is 1. The van der Waals surface area contributed by atoms with Crippen molar-refractivity contribution in [2.24, 2.45) is 0 Å². The number of carbonyl (C=O) groups excluding carboxylic acids is 3. The zero-order valence-corrected chi connectivity index (χ0v) is 13.5. The molecule has 2 aromatic carbocycles. The molecule has 0 fully saturated rings. The molecule has 1 aliphatic heterocycles. The number of imide groups is 1. The highest BCUT2D eigenvalue weighted by Crippen LogP contribution is 2.31. The van der Waals surface area contributed by atoms with E-state index in [1.54, 1.807) is 0 Å². The summed E-state index contributed by atoms with van der Waals surface area (Å²) in [6.07, 6.45) is 0. The quantitative estimate of drug-likeness (QED) is 0.348. The number of nitro groups is 1. The normalized spacial score (nSPS) is 12.7. The Morgan fingerprint density at radius 3 is 2.35 bits per heavy atom. The molecule has 26 heavy (non-hydrogen) atoms. The van der Waals surface area contributed by atoms with Gasteiger partial charge in [0.1, 0.15) is 5.75 Å². The smallest absolute Gasteiger partial charge is 0.343 e. The molecule has 2 aromatic rings. The Kier molecular flexibility index (Phi) is 4.36. The van der Waals surface area contributed by atoms with E-state index in [-0.39, 0.29) is 29.1 Å². The van der Waals surface area contributed by atoms with Crippen LogP contribution in [0.15, 0.2) is 42.5 Å². The second kappa shape index (κ2) is 6.63. The van der Waals surface area contributed by atoms with Gasteiger partial charge in [-0.2, -0.15) is 0 Å². The fourth-order valence-electron chi connectivity index (χ4n) is 2.47. The lowest BCUT2D eigenvalue weighted by Gasteiger charge is -2.14. The minimum atomic E-state index is -0.642. The van der Waals surface area contributed by atoms with Crippen molar-refractivity contribution in [1.29, 1.82) is 0 Å². The van der Waals surface area contributed by atoms with Gasteiger partial charge >= 0.3 is 5.97 Å². The van der Waals surface area contributed by atoms with Crippen LogP contribution in [-0.4, -0.2) is 36.4 Å². The number of rotatable bonds is 5. The molecule has 0 spiro atoms. The molecule has 9 nitrogen and oxygen atoms in total. The SMILES string of the molecule is COC(=O)COc1ccc(N2C(=O)c3ccc([N+](=O)[O-])cc3C2=O)cc1. The van der Waals surface area contributed by atoms with Crippen LogP contribution in [0, 0.1) is 10.1 Å². The minimum absolute atomic E-state index is 0.0183. The van der Waals surface area contributed by atoms with E-state index in [1.165, 1.54) is 43.5 Å². The Labute approximate surface area is 146 Å². The highest BCUT2D eigenvalue weighted by Gasteiger charge is 2.37. The van der Waals surface area contributed by atoms with Crippen molar-refractivity contribution in [2.45, 2.75) is 0 Å². The van der Waals surface area contributed by atoms with Crippen LogP contribution >= 0.6 is 0 Å². The fourth-order valence-corrected chi connectivity index (χ4v) is 2.47. The molecule has 0 unspecified atom stereocenters. The van der Waals surface area contributed by atoms with Crippen LogP contribution in [0.5, 0.6) is 5.75 Å². The van der Waals surface area contributed by atoms with Crippen molar-refractivity contribution in [3.05, 3.63) is 63.7 Å². The summed E-state index contributed by atoms with van der Waals surface area (Å²) < 4.78 is 9.65. The summed E-state index contributed by atoms with van der Waals surface area (Å²) in [5.41, 5.74) is 0.101. The first kappa shape index (κ1) is 17.1. The van der Waals surface area contributed by atoms with Crippen LogP contribution in [0.3, 0.4) is 0 Å². The molecule has 132 valence electrons. The molecule has 0 aliphatic carbocycles. The summed E-state index contributed by atoms with van der Waals surface area (Å²) in [4.78, 5) is 47.2. The van der Waals surface area contributed by atoms with E-state index in [0.29, 0.717) is 5.75 Å². The first-order valence-electron chi connectivity index (χ1n) is 7.39. The van der Waals surface area contributed by atoms with Gasteiger partial charge in [-0.3, -0.25) is 19.7 Å². The molecule has 0 radical (unpaired) electrons. The summed E-state index contributed by atoms with van der Waals surface area (Å²) in [7, 11) is 1.24. The summed E-state index contributed by atoms with van der Waals surface area (Å²) in [5, 5.41) is 10.9. The molecular weight excluding hydrogens is 344 g/mol. The Morgan fingerprint density at radius 1 is 1.08 bits per heavy atom. The van der Waals surface area contributed by atoms with Crippen molar-refractivity contribution in [3.8, 4) is 5.75 Å². The van der Waals surface area contributed by atoms with Crippen molar-refractivity contribution in [3.63, 3.8) is 0 Å². The Balaban J connectivity index is 1.84. The predicted molar refractivity (Wildman–Crippen MR) is 88.2 cm³/mol. The van der Waals surface area contributed by atoms with E-state index >= 15 is 0 Å². The monoisotopic (exact) mass is 356 g/mol. The second-order valence-corrected chi connectivity index (χ2v) is 5.29. The minimum Gasteiger partial charge on any atom is -0.482 e. The Hall–Kier alpha value is -3.75. The van der Waals surface area contributed by atoms with Gasteiger partial charge in [-0.25, -0.2) is 9.69 Å². The van der Waals surface area contributed by atoms with E-state index in [0.717, 1.165) is 11.0 Å². The lowest BCUT2D eigenvalue weighted by Crippen LogP contribution is -2.29. The maximum absolute atomic E-state index is 12.5. The molecule has 0 aromatic heterocycles. The molecule has 0 N–H and O–H groups in total. The maximum Gasteiger partial charge on any atom is 0.343 e. The van der Waals surface area contributed by atoms with Gasteiger partial charge in [0.05, 0.1) is 28.8 Å². The lowest BCUT2D eigenvalue weighted by atomic mass is 10.1. The van der Waals surface area contributed by atoms with E-state index in [4.69, 9.17) is 4.74 Å². The van der Waals surface area contributed by atoms with Gasteiger partial charge in [-0.1, -0.05) is 0 Å². The molecule has 0 saturated carbocycles. The van der Waals surface area contributed by atoms with Crippen LogP contribution < -0.4 is 9.64 Å². The molecule has 0 bridgehead atoms. The molecule has 0 saturated heterocycles. The van der Waals surface area contributed by atoms with Crippen LogP contribution in [0.1, 0.15) is 20.7 Å². The number of hydrogen-bond donors (Lipinski definition) is 0. The van der Waals surface area contributed by atoms with E-state index in [1.807, 2.05) is 0 Å². The molecule has 1 aliphatic rings. The Bertz CT molecular complexity index is 921. The summed E-state index contributed by atoms with van der Waals surface area (Å²) in [5.74, 6) is -1.40. The summed E-state index contributed by atoms with van der Waals surface area (Å²) in [6.45, 7) is -0.271. The maximum atomic E-state index is 12.5. The first-order chi connectivity index (χ1) is 12.4. The molecule has 0 atom stereocenters. The molecule has 2 amide bonds. The van der Waals surface area contributed by atoms with Gasteiger partial charge in [0.2, 0.25) is 0 Å². The summed E-state index contributed by atoms with van der Waals surface area (Å²) in [6, 6.07) is 9.46. The largest absolute Gasteiger partial charge is 0.482 e. The number of benzene rings is 2. The zero-order valence-electron chi connectivity index (χ0n) is 13.5. The number of anilines is 1. The van der Waals surface area contributed by atoms with Crippen LogP contribution in [0.2, 0.25) is 0 Å². The van der Waals surface area contributed by atoms with Gasteiger partial charge in [0, 0.05) is 12.1 Å². The van der Waals surface area contributed by atoms with Gasteiger partial charge in [0.25, 0.3) is 17.5 Å². The molecule has 9 heteroatoms. The predicted octanol–water partition coefficient (Wildman–Crippen LogP) is 1.95. The van der Waals surface area contributed by atoms with Crippen LogP contribution in [-0.2, 0) is 9.53 Å². The molecule has 3 rings (SSSR count). The van der Waals surface area contributed by atoms with E-state index in [2.05, 4.69) is 4.74 Å². The van der Waals surface area contributed by atoms with E-state index < -0.39 is 22.7 Å². The third kappa shape index (κ3) is 2.97. The number of esters is 1. The molecular formula is C17H12N2O7. The zero-order chi connectivity index (χ0) is 18.8. The third-order valence-corrected chi connectivity index (χ3v) is 3.76. The van der Waals surface area contributed by atoms with Gasteiger partial charge in [-0.05, 0) is 30.3 Å². The molecule has 1 heterocycles. The third-order valence-electron chi connectivity index (χ3n) is 3.76. The lowest BCUT2D eigenvalue weighted by molar-refractivity contribution is -0.384. The van der Waals surface area contributed by atoms with Gasteiger partial charge in [-0.15, -0.1) is 0 Å². The van der Waals surface area contributed by atoms with Crippen LogP contribution in [0.25, 0.3) is 0 Å². The number of non-ortho nitro benzene ring substituents is 1. The average Bonchev–Trinajstić information content (AvgIpc) is 2.90. The van der Waals surface area contributed by atoms with Gasteiger partial charge in [0.15, 0.2) is 6.61 Å². The number of nitrogens with zero attached hydrogens (tertiary/aromatic N) is 2. The van der Waals surface area contributed by atoms with Crippen molar-refractivity contribution in [1.82, 2.24) is 0 Å². The number of amides is 2. The standard InChI is InChI=1S/C17H12N2O7/c1-25-15(20)9-26-12-5-2-10(3-6-12)18-16(21)13-7-4-11(19(23)24)8-14(13)17(18)22/h2-8H,9H2,1H3. The second-order valence-electron chi connectivity index (χ2n) is 5.29. The number of methoxy groups -OCH3 is 1. The van der Waals surface area contributed by atoms with Crippen molar-refractivity contribution in [2.75, 3.05) is 18.6 Å². The van der Waals surface area contributed by atoms with Crippen molar-refractivity contribution < 1.29 is 28.8 Å². The van der Waals surface area contributed by atoms with E-state index in [9.17, 15) is 24.5 Å². The highest BCUT2D eigenvalue weighted by atomic mass is 16.6. The summed E-state index contributed by atoms with van der Waals surface area (Å²) >= 11 is 0. The number of fused-ring (bicyclic) bond motifs is 1. The topological polar surface area (TPSA) is 116 Å². The fraction of sp³-hybridized carbons (Fsp3) is 0.118. The average molecular weight is 356 g/mol. The number of hydrogen-bond acceptors (Lipinski definition) is 7. The van der Waals surface area contributed by atoms with Crippen LogP contribution in [0.4, 0.5) is 11.4 Å². The number of ether oxygens (including phenoxy) is 2. The Morgan fingerprint density at radius 2 is 1.73 bits per heavy atom. The first-order valence-corrected chi connectivity index (χ1v) is 7.39. The van der Waals surface area contributed by atoms with Gasteiger partial charge < -0.3 is 9.47 Å². The van der Waals surface area contributed by atoms with Crippen molar-refractivity contribution >= 4 is 29.2 Å². The number of carbonyl (C=O) groups is 3. The highest BCUT2D eigenvalue weighted by molar-refractivity contribution is 6.34.